The van der Waals surface area contributed by atoms with Gasteiger partial charge in [-0.05, 0) is 55.1 Å². The SMILES string of the molecule is CCOc1ccc(C(=O)COC(=O)c2c(-c3ccc(C)cc3)c3ccccc3c(=O)n2C)cc1. The highest BCUT2D eigenvalue weighted by Gasteiger charge is 2.23. The van der Waals surface area contributed by atoms with Crippen molar-refractivity contribution in [2.45, 2.75) is 13.8 Å². The van der Waals surface area contributed by atoms with Gasteiger partial charge in [0.2, 0.25) is 0 Å². The highest BCUT2D eigenvalue weighted by atomic mass is 16.5. The summed E-state index contributed by atoms with van der Waals surface area (Å²) in [5, 5.41) is 1.15. The third-order valence-electron chi connectivity index (χ3n) is 5.66. The van der Waals surface area contributed by atoms with Crippen molar-refractivity contribution in [2.75, 3.05) is 13.2 Å². The van der Waals surface area contributed by atoms with Crippen LogP contribution in [0.15, 0.2) is 77.6 Å². The number of hydrogen-bond acceptors (Lipinski definition) is 5. The quantitative estimate of drug-likeness (QED) is 0.291. The Balaban J connectivity index is 1.70. The number of Topliss-reactive ketones (excluding diaryl/α,β-unsaturated/α-hetero) is 1. The maximum Gasteiger partial charge on any atom is 0.356 e. The van der Waals surface area contributed by atoms with Gasteiger partial charge in [-0.3, -0.25) is 9.59 Å². The van der Waals surface area contributed by atoms with Crippen LogP contribution in [0.4, 0.5) is 0 Å². The van der Waals surface area contributed by atoms with Crippen molar-refractivity contribution in [3.63, 3.8) is 0 Å². The van der Waals surface area contributed by atoms with Crippen LogP contribution in [0.3, 0.4) is 0 Å². The first-order valence-corrected chi connectivity index (χ1v) is 11.0. The molecule has 172 valence electrons. The van der Waals surface area contributed by atoms with Crippen LogP contribution in [-0.4, -0.2) is 29.5 Å². The van der Waals surface area contributed by atoms with Crippen molar-refractivity contribution < 1.29 is 19.1 Å². The second-order valence-electron chi connectivity index (χ2n) is 7.96. The molecule has 0 unspecified atom stereocenters. The van der Waals surface area contributed by atoms with Gasteiger partial charge in [-0.2, -0.15) is 0 Å². The fourth-order valence-electron chi connectivity index (χ4n) is 3.90. The number of aryl methyl sites for hydroxylation is 1. The summed E-state index contributed by atoms with van der Waals surface area (Å²) in [6.07, 6.45) is 0. The zero-order chi connectivity index (χ0) is 24.2. The second-order valence-corrected chi connectivity index (χ2v) is 7.96. The van der Waals surface area contributed by atoms with Crippen molar-refractivity contribution in [1.29, 1.82) is 0 Å². The van der Waals surface area contributed by atoms with E-state index in [0.717, 1.165) is 11.1 Å². The predicted molar refractivity (Wildman–Crippen MR) is 132 cm³/mol. The van der Waals surface area contributed by atoms with Crippen LogP contribution in [0.5, 0.6) is 5.75 Å². The number of pyridine rings is 1. The van der Waals surface area contributed by atoms with Gasteiger partial charge in [-0.25, -0.2) is 4.79 Å². The second kappa shape index (κ2) is 9.75. The number of hydrogen-bond donors (Lipinski definition) is 0. The van der Waals surface area contributed by atoms with Gasteiger partial charge in [0.25, 0.3) is 5.56 Å². The molecule has 0 saturated carbocycles. The monoisotopic (exact) mass is 455 g/mol. The van der Waals surface area contributed by atoms with Crippen molar-refractivity contribution in [3.05, 3.63) is 100.0 Å². The van der Waals surface area contributed by atoms with Gasteiger partial charge < -0.3 is 14.0 Å². The molecule has 0 bridgehead atoms. The van der Waals surface area contributed by atoms with E-state index in [9.17, 15) is 14.4 Å². The van der Waals surface area contributed by atoms with Crippen LogP contribution < -0.4 is 10.3 Å². The summed E-state index contributed by atoms with van der Waals surface area (Å²) in [6.45, 7) is 3.94. The lowest BCUT2D eigenvalue weighted by molar-refractivity contribution is 0.0465. The Morgan fingerprint density at radius 3 is 2.18 bits per heavy atom. The molecule has 3 aromatic carbocycles. The van der Waals surface area contributed by atoms with Crippen LogP contribution in [0.1, 0.15) is 33.3 Å². The zero-order valence-corrected chi connectivity index (χ0v) is 19.3. The number of nitrogens with zero attached hydrogens (tertiary/aromatic N) is 1. The summed E-state index contributed by atoms with van der Waals surface area (Å²) in [5.41, 5.74) is 2.65. The van der Waals surface area contributed by atoms with Crippen molar-refractivity contribution in [1.82, 2.24) is 4.57 Å². The van der Waals surface area contributed by atoms with E-state index in [4.69, 9.17) is 9.47 Å². The van der Waals surface area contributed by atoms with Gasteiger partial charge in [-0.1, -0.05) is 48.0 Å². The first-order valence-electron chi connectivity index (χ1n) is 11.0. The number of benzene rings is 3. The molecule has 1 heterocycles. The number of ketones is 1. The minimum absolute atomic E-state index is 0.104. The van der Waals surface area contributed by atoms with E-state index >= 15 is 0 Å². The highest BCUT2D eigenvalue weighted by molar-refractivity contribution is 6.07. The molecule has 4 rings (SSSR count). The minimum atomic E-state index is -0.736. The lowest BCUT2D eigenvalue weighted by atomic mass is 9.96. The van der Waals surface area contributed by atoms with E-state index < -0.39 is 12.6 Å². The predicted octanol–water partition coefficient (Wildman–Crippen LogP) is 4.95. The fraction of sp³-hybridized carbons (Fsp3) is 0.179. The molecule has 4 aromatic rings. The molecule has 0 spiro atoms. The Labute approximate surface area is 197 Å². The largest absolute Gasteiger partial charge is 0.494 e. The Kier molecular flexibility index (Phi) is 6.59. The van der Waals surface area contributed by atoms with Crippen molar-refractivity contribution >= 4 is 22.5 Å². The fourth-order valence-corrected chi connectivity index (χ4v) is 3.90. The lowest BCUT2D eigenvalue weighted by Gasteiger charge is -2.17. The first kappa shape index (κ1) is 23.0. The van der Waals surface area contributed by atoms with Crippen LogP contribution >= 0.6 is 0 Å². The minimum Gasteiger partial charge on any atom is -0.494 e. The molecule has 0 aliphatic rings. The Hall–Kier alpha value is -4.19. The maximum absolute atomic E-state index is 13.2. The number of carbonyl (C=O) groups is 2. The standard InChI is InChI=1S/C28H25NO5/c1-4-33-21-15-13-19(14-16-21)24(30)17-34-28(32)26-25(20-11-9-18(2)10-12-20)22-7-5-6-8-23(22)27(31)29(26)3/h5-16H,4,17H2,1-3H3. The molecule has 0 aliphatic carbocycles. The summed E-state index contributed by atoms with van der Waals surface area (Å²) < 4.78 is 12.1. The average Bonchev–Trinajstić information content (AvgIpc) is 2.85. The van der Waals surface area contributed by atoms with E-state index in [-0.39, 0.29) is 17.0 Å². The smallest absolute Gasteiger partial charge is 0.356 e. The molecule has 6 heteroatoms. The Morgan fingerprint density at radius 2 is 1.53 bits per heavy atom. The molecule has 0 N–H and O–H groups in total. The Morgan fingerprint density at radius 1 is 0.882 bits per heavy atom. The number of ether oxygens (including phenoxy) is 2. The van der Waals surface area contributed by atoms with E-state index in [1.165, 1.54) is 11.6 Å². The van der Waals surface area contributed by atoms with E-state index in [1.54, 1.807) is 36.4 Å². The number of esters is 1. The van der Waals surface area contributed by atoms with Gasteiger partial charge >= 0.3 is 5.97 Å². The van der Waals surface area contributed by atoms with Crippen LogP contribution in [0, 0.1) is 6.92 Å². The molecule has 0 saturated heterocycles. The summed E-state index contributed by atoms with van der Waals surface area (Å²) in [4.78, 5) is 38.9. The molecular formula is C28H25NO5. The van der Waals surface area contributed by atoms with E-state index in [2.05, 4.69) is 0 Å². The molecule has 0 radical (unpaired) electrons. The van der Waals surface area contributed by atoms with Gasteiger partial charge in [-0.15, -0.1) is 0 Å². The molecule has 0 aliphatic heterocycles. The number of carbonyl (C=O) groups excluding carboxylic acids is 2. The topological polar surface area (TPSA) is 74.6 Å². The number of fused-ring (bicyclic) bond motifs is 1. The van der Waals surface area contributed by atoms with Crippen molar-refractivity contribution in [2.24, 2.45) is 7.05 Å². The molecule has 34 heavy (non-hydrogen) atoms. The van der Waals surface area contributed by atoms with Gasteiger partial charge in [0, 0.05) is 23.6 Å². The zero-order valence-electron chi connectivity index (χ0n) is 19.3. The average molecular weight is 456 g/mol. The Bertz CT molecular complexity index is 1420. The molecule has 6 nitrogen and oxygen atoms in total. The van der Waals surface area contributed by atoms with Crippen molar-refractivity contribution in [3.8, 4) is 16.9 Å². The normalized spacial score (nSPS) is 10.8. The lowest BCUT2D eigenvalue weighted by Crippen LogP contribution is -2.27. The van der Waals surface area contributed by atoms with Crippen LogP contribution in [0.25, 0.3) is 21.9 Å². The molecule has 0 atom stereocenters. The maximum atomic E-state index is 13.2. The summed E-state index contributed by atoms with van der Waals surface area (Å²) >= 11 is 0. The number of aromatic nitrogens is 1. The van der Waals surface area contributed by atoms with E-state index in [1.807, 2.05) is 50.2 Å². The molecule has 0 amide bonds. The molecule has 0 fully saturated rings. The van der Waals surface area contributed by atoms with Gasteiger partial charge in [0.15, 0.2) is 12.4 Å². The third-order valence-corrected chi connectivity index (χ3v) is 5.66. The summed E-state index contributed by atoms with van der Waals surface area (Å²) in [6, 6.07) is 21.5. The first-order chi connectivity index (χ1) is 16.4. The molecular weight excluding hydrogens is 430 g/mol. The van der Waals surface area contributed by atoms with Crippen LogP contribution in [-0.2, 0) is 11.8 Å². The molecule has 1 aromatic heterocycles. The van der Waals surface area contributed by atoms with Gasteiger partial charge in [0.05, 0.1) is 6.61 Å². The van der Waals surface area contributed by atoms with E-state index in [0.29, 0.717) is 34.3 Å². The van der Waals surface area contributed by atoms with Crippen LogP contribution in [0.2, 0.25) is 0 Å². The third kappa shape index (κ3) is 4.48. The van der Waals surface area contributed by atoms with Gasteiger partial charge in [0.1, 0.15) is 11.4 Å². The summed E-state index contributed by atoms with van der Waals surface area (Å²) in [7, 11) is 1.54. The summed E-state index contributed by atoms with van der Waals surface area (Å²) in [5.74, 6) is -0.427. The number of rotatable bonds is 7. The highest BCUT2D eigenvalue weighted by Crippen LogP contribution is 2.31.